The number of thioether (sulfide) groups is 1. The Balaban J connectivity index is 1.58. The largest absolute Gasteiger partial charge is 0.478 e. The highest BCUT2D eigenvalue weighted by atomic mass is 32.2. The molecule has 3 N–H and O–H groups in total. The predicted octanol–water partition coefficient (Wildman–Crippen LogP) is 4.70. The van der Waals surface area contributed by atoms with Gasteiger partial charge in [-0.25, -0.2) is 13.2 Å². The molecule has 9 heteroatoms. The quantitative estimate of drug-likeness (QED) is 0.293. The number of carboxylic acid groups (broad SMARTS) is 1. The number of carbonyl (C=O) groups is 2. The maximum absolute atomic E-state index is 12.5. The van der Waals surface area contributed by atoms with Gasteiger partial charge in [-0.2, -0.15) is 0 Å². The minimum atomic E-state index is -3.90. The lowest BCUT2D eigenvalue weighted by Crippen LogP contribution is -2.15. The number of sulfonamides is 1. The van der Waals surface area contributed by atoms with Crippen LogP contribution in [0.1, 0.15) is 23.2 Å². The second-order valence-corrected chi connectivity index (χ2v) is 9.65. The van der Waals surface area contributed by atoms with Crippen molar-refractivity contribution >= 4 is 45.0 Å². The van der Waals surface area contributed by atoms with Crippen LogP contribution in [0.15, 0.2) is 88.7 Å². The van der Waals surface area contributed by atoms with E-state index < -0.39 is 16.0 Å². The van der Waals surface area contributed by atoms with E-state index in [1.807, 2.05) is 30.3 Å². The van der Waals surface area contributed by atoms with E-state index in [2.05, 4.69) is 10.0 Å². The van der Waals surface area contributed by atoms with Gasteiger partial charge in [0.2, 0.25) is 5.91 Å². The second kappa shape index (κ2) is 10.8. The molecule has 0 aromatic heterocycles. The van der Waals surface area contributed by atoms with Crippen molar-refractivity contribution in [3.05, 3.63) is 84.4 Å². The molecule has 0 saturated carbocycles. The molecule has 0 aliphatic heterocycles. The summed E-state index contributed by atoms with van der Waals surface area (Å²) < 4.78 is 27.4. The van der Waals surface area contributed by atoms with Gasteiger partial charge in [-0.1, -0.05) is 36.4 Å². The Morgan fingerprint density at radius 1 is 0.906 bits per heavy atom. The molecule has 0 radical (unpaired) electrons. The second-order valence-electron chi connectivity index (χ2n) is 6.80. The molecule has 0 bridgehead atoms. The molecule has 3 aromatic rings. The monoisotopic (exact) mass is 470 g/mol. The molecule has 0 spiro atoms. The lowest BCUT2D eigenvalue weighted by Gasteiger charge is -2.12. The van der Waals surface area contributed by atoms with Crippen LogP contribution in [0.3, 0.4) is 0 Å². The van der Waals surface area contributed by atoms with Crippen molar-refractivity contribution in [3.63, 3.8) is 0 Å². The van der Waals surface area contributed by atoms with Crippen molar-refractivity contribution in [2.24, 2.45) is 0 Å². The first kappa shape index (κ1) is 23.4. The van der Waals surface area contributed by atoms with E-state index in [9.17, 15) is 23.1 Å². The third-order valence-corrected chi connectivity index (χ3v) is 6.86. The highest BCUT2D eigenvalue weighted by Crippen LogP contribution is 2.27. The van der Waals surface area contributed by atoms with Crippen LogP contribution >= 0.6 is 11.8 Å². The number of anilines is 2. The van der Waals surface area contributed by atoms with Gasteiger partial charge in [0.25, 0.3) is 10.0 Å². The summed E-state index contributed by atoms with van der Waals surface area (Å²) in [5.41, 5.74) is 0.592. The molecule has 0 saturated heterocycles. The van der Waals surface area contributed by atoms with Gasteiger partial charge in [-0.15, -0.1) is 11.8 Å². The minimum absolute atomic E-state index is 0.00654. The van der Waals surface area contributed by atoms with Crippen LogP contribution in [0.4, 0.5) is 11.4 Å². The predicted molar refractivity (Wildman–Crippen MR) is 126 cm³/mol. The van der Waals surface area contributed by atoms with Crippen LogP contribution in [0, 0.1) is 0 Å². The summed E-state index contributed by atoms with van der Waals surface area (Å²) >= 11 is 1.40. The fraction of sp³-hybridized carbons (Fsp3) is 0.130. The SMILES string of the molecule is O=C(CCCSc1ccc(NS(=O)(=O)c2ccccc2)c(C(=O)O)c1)Nc1ccccc1. The van der Waals surface area contributed by atoms with E-state index in [4.69, 9.17) is 0 Å². The van der Waals surface area contributed by atoms with Gasteiger partial charge in [0.1, 0.15) is 0 Å². The van der Waals surface area contributed by atoms with Gasteiger partial charge >= 0.3 is 5.97 Å². The molecule has 1 amide bonds. The molecule has 3 rings (SSSR count). The molecule has 0 atom stereocenters. The number of para-hydroxylation sites is 1. The molecule has 0 heterocycles. The van der Waals surface area contributed by atoms with Crippen LogP contribution in [0.25, 0.3) is 0 Å². The molecule has 0 fully saturated rings. The Morgan fingerprint density at radius 2 is 1.56 bits per heavy atom. The number of aromatic carboxylic acids is 1. The Kier molecular flexibility index (Phi) is 7.91. The molecule has 0 aliphatic carbocycles. The number of amides is 1. The zero-order chi connectivity index (χ0) is 23.0. The Morgan fingerprint density at radius 3 is 2.22 bits per heavy atom. The summed E-state index contributed by atoms with van der Waals surface area (Å²) in [5.74, 6) is -0.717. The molecule has 166 valence electrons. The first-order valence-electron chi connectivity index (χ1n) is 9.78. The van der Waals surface area contributed by atoms with Crippen molar-refractivity contribution in [1.82, 2.24) is 0 Å². The first-order valence-corrected chi connectivity index (χ1v) is 12.2. The van der Waals surface area contributed by atoms with E-state index in [0.29, 0.717) is 23.5 Å². The normalized spacial score (nSPS) is 11.0. The van der Waals surface area contributed by atoms with E-state index in [1.165, 1.54) is 36.0 Å². The summed E-state index contributed by atoms with van der Waals surface area (Å²) in [5, 5.41) is 12.4. The summed E-state index contributed by atoms with van der Waals surface area (Å²) in [6, 6.07) is 21.4. The fourth-order valence-corrected chi connectivity index (χ4v) is 4.84. The summed E-state index contributed by atoms with van der Waals surface area (Å²) in [4.78, 5) is 24.4. The molecule has 3 aromatic carbocycles. The number of carbonyl (C=O) groups excluding carboxylic acids is 1. The lowest BCUT2D eigenvalue weighted by molar-refractivity contribution is -0.116. The van der Waals surface area contributed by atoms with E-state index in [0.717, 1.165) is 5.69 Å². The van der Waals surface area contributed by atoms with Gasteiger partial charge in [0.05, 0.1) is 16.1 Å². The zero-order valence-corrected chi connectivity index (χ0v) is 18.7. The van der Waals surface area contributed by atoms with Gasteiger partial charge in [-0.05, 0) is 54.6 Å². The van der Waals surface area contributed by atoms with Gasteiger partial charge in [-0.3, -0.25) is 9.52 Å². The molecular weight excluding hydrogens is 448 g/mol. The number of carboxylic acids is 1. The van der Waals surface area contributed by atoms with E-state index in [-0.39, 0.29) is 22.1 Å². The Labute approximate surface area is 190 Å². The summed E-state index contributed by atoms with van der Waals surface area (Å²) in [7, 11) is -3.90. The van der Waals surface area contributed by atoms with Crippen LogP contribution in [0.5, 0.6) is 0 Å². The molecule has 32 heavy (non-hydrogen) atoms. The first-order chi connectivity index (χ1) is 15.3. The maximum Gasteiger partial charge on any atom is 0.337 e. The van der Waals surface area contributed by atoms with Crippen molar-refractivity contribution in [1.29, 1.82) is 0 Å². The van der Waals surface area contributed by atoms with Crippen molar-refractivity contribution in [3.8, 4) is 0 Å². The number of hydrogen-bond donors (Lipinski definition) is 3. The molecular formula is C23H22N2O5S2. The van der Waals surface area contributed by atoms with Crippen LogP contribution in [0.2, 0.25) is 0 Å². The lowest BCUT2D eigenvalue weighted by atomic mass is 10.2. The maximum atomic E-state index is 12.5. The van der Waals surface area contributed by atoms with Crippen LogP contribution in [-0.2, 0) is 14.8 Å². The van der Waals surface area contributed by atoms with Crippen molar-refractivity contribution < 1.29 is 23.1 Å². The van der Waals surface area contributed by atoms with Gasteiger partial charge < -0.3 is 10.4 Å². The smallest absolute Gasteiger partial charge is 0.337 e. The van der Waals surface area contributed by atoms with E-state index >= 15 is 0 Å². The Bertz CT molecular complexity index is 1180. The molecule has 0 unspecified atom stereocenters. The summed E-state index contributed by atoms with van der Waals surface area (Å²) in [6.45, 7) is 0. The highest BCUT2D eigenvalue weighted by Gasteiger charge is 2.19. The van der Waals surface area contributed by atoms with Crippen molar-refractivity contribution in [2.45, 2.75) is 22.6 Å². The van der Waals surface area contributed by atoms with Gasteiger partial charge in [0, 0.05) is 17.0 Å². The number of nitrogens with one attached hydrogen (secondary N) is 2. The number of hydrogen-bond acceptors (Lipinski definition) is 5. The topological polar surface area (TPSA) is 113 Å². The number of rotatable bonds is 10. The zero-order valence-electron chi connectivity index (χ0n) is 17.0. The average molecular weight is 471 g/mol. The average Bonchev–Trinajstić information content (AvgIpc) is 2.78. The summed E-state index contributed by atoms with van der Waals surface area (Å²) in [6.07, 6.45) is 0.941. The Hall–Kier alpha value is -3.30. The number of benzene rings is 3. The standard InChI is InChI=1S/C23H22N2O5S2/c26-22(24-17-8-3-1-4-9-17)12-7-15-31-18-13-14-21(20(16-18)23(27)28)25-32(29,30)19-10-5-2-6-11-19/h1-6,8-11,13-14,16,25H,7,12,15H2,(H,24,26)(H,27,28). The highest BCUT2D eigenvalue weighted by molar-refractivity contribution is 7.99. The van der Waals surface area contributed by atoms with Crippen LogP contribution < -0.4 is 10.0 Å². The molecule has 7 nitrogen and oxygen atoms in total. The van der Waals surface area contributed by atoms with Crippen LogP contribution in [-0.4, -0.2) is 31.2 Å². The molecule has 0 aliphatic rings. The van der Waals surface area contributed by atoms with E-state index in [1.54, 1.807) is 24.3 Å². The van der Waals surface area contributed by atoms with Crippen molar-refractivity contribution in [2.75, 3.05) is 15.8 Å². The fourth-order valence-electron chi connectivity index (χ4n) is 2.85. The third kappa shape index (κ3) is 6.60. The minimum Gasteiger partial charge on any atom is -0.478 e. The van der Waals surface area contributed by atoms with Gasteiger partial charge in [0.15, 0.2) is 0 Å². The third-order valence-electron chi connectivity index (χ3n) is 4.39.